The van der Waals surface area contributed by atoms with Crippen molar-refractivity contribution in [2.24, 2.45) is 0 Å². The van der Waals surface area contributed by atoms with Gasteiger partial charge < -0.3 is 10.3 Å². The average molecular weight is 460 g/mol. The molecule has 5 rings (SSSR count). The Balaban J connectivity index is 1.80. The van der Waals surface area contributed by atoms with E-state index in [9.17, 15) is 14.9 Å². The van der Waals surface area contributed by atoms with Crippen LogP contribution < -0.4 is 5.73 Å². The third-order valence-electron chi connectivity index (χ3n) is 5.61. The molecule has 0 spiro atoms. The normalized spacial score (nSPS) is 10.6. The number of benzene rings is 3. The van der Waals surface area contributed by atoms with Crippen molar-refractivity contribution in [3.05, 3.63) is 102 Å². The number of imidazole rings is 1. The summed E-state index contributed by atoms with van der Waals surface area (Å²) in [5.74, 6) is -0.415. The number of aromatic nitrogens is 5. The molecule has 3 aromatic carbocycles. The number of nitrogens with zero attached hydrogens (tertiary/aromatic N) is 7. The van der Waals surface area contributed by atoms with Crippen molar-refractivity contribution < 1.29 is 4.39 Å². The molecule has 0 fully saturated rings. The summed E-state index contributed by atoms with van der Waals surface area (Å²) in [6.07, 6.45) is 6.56. The van der Waals surface area contributed by atoms with E-state index in [0.717, 1.165) is 5.56 Å². The molecule has 0 unspecified atom stereocenters. The van der Waals surface area contributed by atoms with Gasteiger partial charge in [-0.2, -0.15) is 10.5 Å². The molecule has 0 saturated carbocycles. The second kappa shape index (κ2) is 8.93. The van der Waals surface area contributed by atoms with Crippen LogP contribution >= 0.6 is 0 Å². The Hall–Kier alpha value is -5.28. The predicted molar refractivity (Wildman–Crippen MR) is 127 cm³/mol. The molecule has 2 aromatic heterocycles. The van der Waals surface area contributed by atoms with Gasteiger partial charge in [0.05, 0.1) is 41.6 Å². The highest BCUT2D eigenvalue weighted by molar-refractivity contribution is 5.96. The number of nitrogens with two attached hydrogens (primary N) is 1. The highest BCUT2D eigenvalue weighted by Crippen LogP contribution is 2.43. The maximum atomic E-state index is 13.7. The first kappa shape index (κ1) is 21.6. The summed E-state index contributed by atoms with van der Waals surface area (Å²) < 4.78 is 17.1. The fraction of sp³-hybridized carbons (Fsp3) is 0.0385. The number of rotatable bonds is 5. The average Bonchev–Trinajstić information content (AvgIpc) is 3.57. The maximum Gasteiger partial charge on any atom is 0.123 e. The molecule has 168 valence electrons. The Bertz CT molecular complexity index is 1590. The van der Waals surface area contributed by atoms with Crippen LogP contribution in [0, 0.1) is 28.5 Å². The van der Waals surface area contributed by atoms with E-state index in [-0.39, 0.29) is 16.8 Å². The molecule has 0 saturated heterocycles. The number of hydrogen-bond acceptors (Lipinski definition) is 6. The van der Waals surface area contributed by atoms with Crippen LogP contribution in [0.5, 0.6) is 0 Å². The van der Waals surface area contributed by atoms with Gasteiger partial charge in [0.2, 0.25) is 0 Å². The van der Waals surface area contributed by atoms with Crippen LogP contribution in [0.4, 0.5) is 10.1 Å². The molecule has 0 aliphatic rings. The van der Waals surface area contributed by atoms with Gasteiger partial charge in [0.1, 0.15) is 23.6 Å². The second-order valence-electron chi connectivity index (χ2n) is 7.75. The van der Waals surface area contributed by atoms with E-state index in [1.165, 1.54) is 12.1 Å². The van der Waals surface area contributed by atoms with E-state index in [4.69, 9.17) is 5.73 Å². The van der Waals surface area contributed by atoms with Gasteiger partial charge in [0.25, 0.3) is 0 Å². The number of anilines is 1. The Morgan fingerprint density at radius 2 is 1.66 bits per heavy atom. The number of nitrogen functional groups attached to an aromatic ring is 1. The number of nitriles is 2. The van der Waals surface area contributed by atoms with Crippen LogP contribution in [0.1, 0.15) is 16.7 Å². The molecule has 0 radical (unpaired) electrons. The minimum absolute atomic E-state index is 0.0193. The van der Waals surface area contributed by atoms with Crippen molar-refractivity contribution in [3.63, 3.8) is 0 Å². The standard InChI is InChI=1S/C26H17FN8/c27-19-8-6-18(7-9-19)23-20(12-28)25(30)21(13-29)24(26(23)34-11-10-31-16-34)22-15-35(33-32-22)14-17-4-2-1-3-5-17/h1-11,15-16H,14,30H2. The van der Waals surface area contributed by atoms with E-state index >= 15 is 0 Å². The maximum absolute atomic E-state index is 13.7. The minimum atomic E-state index is -0.415. The van der Waals surface area contributed by atoms with Gasteiger partial charge in [-0.15, -0.1) is 5.10 Å². The third-order valence-corrected chi connectivity index (χ3v) is 5.61. The summed E-state index contributed by atoms with van der Waals surface area (Å²) in [6, 6.07) is 19.8. The molecule has 2 heterocycles. The Morgan fingerprint density at radius 1 is 0.943 bits per heavy atom. The Labute approximate surface area is 199 Å². The highest BCUT2D eigenvalue weighted by Gasteiger charge is 2.27. The van der Waals surface area contributed by atoms with E-state index in [2.05, 4.69) is 27.4 Å². The van der Waals surface area contributed by atoms with Gasteiger partial charge in [-0.3, -0.25) is 0 Å². The van der Waals surface area contributed by atoms with Crippen LogP contribution in [0.25, 0.3) is 28.1 Å². The lowest BCUT2D eigenvalue weighted by atomic mass is 9.88. The van der Waals surface area contributed by atoms with Crippen LogP contribution in [-0.2, 0) is 6.54 Å². The molecule has 0 bridgehead atoms. The number of halogens is 1. The minimum Gasteiger partial charge on any atom is -0.397 e. The molecule has 0 aliphatic heterocycles. The van der Waals surface area contributed by atoms with Crippen molar-refractivity contribution in [2.75, 3.05) is 5.73 Å². The SMILES string of the molecule is N#Cc1c(N)c(C#N)c(-c2cn(Cc3ccccc3)nn2)c(-n2ccnc2)c1-c1ccc(F)cc1. The molecule has 5 aromatic rings. The zero-order valence-corrected chi connectivity index (χ0v) is 18.3. The van der Waals surface area contributed by atoms with Crippen molar-refractivity contribution >= 4 is 5.69 Å². The Morgan fingerprint density at radius 3 is 2.31 bits per heavy atom. The summed E-state index contributed by atoms with van der Waals surface area (Å²) in [5, 5.41) is 28.7. The molecule has 35 heavy (non-hydrogen) atoms. The van der Waals surface area contributed by atoms with Crippen molar-refractivity contribution in [2.45, 2.75) is 6.54 Å². The zero-order valence-electron chi connectivity index (χ0n) is 18.3. The molecule has 2 N–H and O–H groups in total. The van der Waals surface area contributed by atoms with E-state index in [0.29, 0.717) is 34.6 Å². The van der Waals surface area contributed by atoms with Crippen molar-refractivity contribution in [3.8, 4) is 40.2 Å². The summed E-state index contributed by atoms with van der Waals surface area (Å²) in [6.45, 7) is 0.479. The molecule has 8 nitrogen and oxygen atoms in total. The third kappa shape index (κ3) is 3.88. The lowest BCUT2D eigenvalue weighted by Gasteiger charge is -2.20. The van der Waals surface area contributed by atoms with E-state index < -0.39 is 5.82 Å². The van der Waals surface area contributed by atoms with Crippen LogP contribution in [0.15, 0.2) is 79.5 Å². The topological polar surface area (TPSA) is 122 Å². The van der Waals surface area contributed by atoms with Gasteiger partial charge in [0, 0.05) is 23.5 Å². The van der Waals surface area contributed by atoms with Gasteiger partial charge in [-0.1, -0.05) is 47.7 Å². The van der Waals surface area contributed by atoms with Gasteiger partial charge in [-0.05, 0) is 23.3 Å². The van der Waals surface area contributed by atoms with E-state index in [1.807, 2.05) is 30.3 Å². The van der Waals surface area contributed by atoms with E-state index in [1.54, 1.807) is 46.3 Å². The molecule has 0 aliphatic carbocycles. The molecular formula is C26H17FN8. The van der Waals surface area contributed by atoms with Crippen molar-refractivity contribution in [1.82, 2.24) is 24.5 Å². The van der Waals surface area contributed by atoms with Crippen LogP contribution in [0.3, 0.4) is 0 Å². The monoisotopic (exact) mass is 460 g/mol. The lowest BCUT2D eigenvalue weighted by molar-refractivity contribution is 0.628. The van der Waals surface area contributed by atoms with Gasteiger partial charge in [-0.25, -0.2) is 14.1 Å². The molecule has 0 atom stereocenters. The molecular weight excluding hydrogens is 443 g/mol. The zero-order chi connectivity index (χ0) is 24.4. The van der Waals surface area contributed by atoms with Gasteiger partial charge >= 0.3 is 0 Å². The van der Waals surface area contributed by atoms with Crippen molar-refractivity contribution in [1.29, 1.82) is 10.5 Å². The quantitative estimate of drug-likeness (QED) is 0.390. The molecule has 0 amide bonds. The largest absolute Gasteiger partial charge is 0.397 e. The second-order valence-corrected chi connectivity index (χ2v) is 7.75. The predicted octanol–water partition coefficient (Wildman–Crippen LogP) is 4.31. The first-order valence-corrected chi connectivity index (χ1v) is 10.6. The Kier molecular flexibility index (Phi) is 5.50. The van der Waals surface area contributed by atoms with Crippen LogP contribution in [0.2, 0.25) is 0 Å². The molecule has 9 heteroatoms. The fourth-order valence-corrected chi connectivity index (χ4v) is 4.05. The highest BCUT2D eigenvalue weighted by atomic mass is 19.1. The lowest BCUT2D eigenvalue weighted by Crippen LogP contribution is -2.08. The first-order valence-electron chi connectivity index (χ1n) is 10.6. The number of hydrogen-bond donors (Lipinski definition) is 1. The summed E-state index contributed by atoms with van der Waals surface area (Å²) in [4.78, 5) is 4.14. The van der Waals surface area contributed by atoms with Crippen LogP contribution in [-0.4, -0.2) is 24.5 Å². The van der Waals surface area contributed by atoms with Gasteiger partial charge in [0.15, 0.2) is 0 Å². The summed E-state index contributed by atoms with van der Waals surface area (Å²) in [5.41, 5.74) is 9.90. The smallest absolute Gasteiger partial charge is 0.123 e. The fourth-order valence-electron chi connectivity index (χ4n) is 4.05. The first-order chi connectivity index (χ1) is 17.1. The summed E-state index contributed by atoms with van der Waals surface area (Å²) >= 11 is 0. The summed E-state index contributed by atoms with van der Waals surface area (Å²) in [7, 11) is 0.